The van der Waals surface area contributed by atoms with Gasteiger partial charge < -0.3 is 15.8 Å². The third-order valence-corrected chi connectivity index (χ3v) is 4.38. The summed E-state index contributed by atoms with van der Waals surface area (Å²) in [6.45, 7) is 0. The van der Waals surface area contributed by atoms with Crippen LogP contribution in [0.3, 0.4) is 0 Å². The van der Waals surface area contributed by atoms with E-state index in [0.29, 0.717) is 22.0 Å². The van der Waals surface area contributed by atoms with Crippen LogP contribution in [0.5, 0.6) is 5.75 Å². The Kier molecular flexibility index (Phi) is 3.50. The van der Waals surface area contributed by atoms with Gasteiger partial charge in [0.05, 0.1) is 18.5 Å². The minimum Gasteiger partial charge on any atom is -0.495 e. The highest BCUT2D eigenvalue weighted by molar-refractivity contribution is 7.21. The Labute approximate surface area is 126 Å². The number of thiophene rings is 1. The molecule has 1 amide bonds. The maximum Gasteiger partial charge on any atom is 0.267 e. The van der Waals surface area contributed by atoms with E-state index in [1.165, 1.54) is 11.3 Å². The molecule has 3 aromatic rings. The Morgan fingerprint density at radius 2 is 1.86 bits per heavy atom. The number of rotatable bonds is 3. The van der Waals surface area contributed by atoms with Crippen molar-refractivity contribution in [3.63, 3.8) is 0 Å². The molecule has 1 aromatic heterocycles. The second kappa shape index (κ2) is 5.46. The summed E-state index contributed by atoms with van der Waals surface area (Å²) in [4.78, 5) is 13.0. The summed E-state index contributed by atoms with van der Waals surface area (Å²) in [5.74, 6) is 0.392. The Bertz CT molecular complexity index is 811. The molecule has 0 fully saturated rings. The first-order valence-corrected chi connectivity index (χ1v) is 7.23. The van der Waals surface area contributed by atoms with Gasteiger partial charge in [0.25, 0.3) is 5.91 Å². The van der Waals surface area contributed by atoms with Crippen molar-refractivity contribution in [1.29, 1.82) is 0 Å². The molecule has 1 heterocycles. The smallest absolute Gasteiger partial charge is 0.267 e. The molecule has 106 valence electrons. The highest BCUT2D eigenvalue weighted by Gasteiger charge is 2.17. The summed E-state index contributed by atoms with van der Waals surface area (Å²) in [6.07, 6.45) is 0. The average molecular weight is 298 g/mol. The Morgan fingerprint density at radius 1 is 1.14 bits per heavy atom. The number of nitrogen functional groups attached to an aromatic ring is 1. The molecule has 3 rings (SSSR count). The van der Waals surface area contributed by atoms with Crippen LogP contribution < -0.4 is 15.8 Å². The summed E-state index contributed by atoms with van der Waals surface area (Å²) in [7, 11) is 1.57. The van der Waals surface area contributed by atoms with Crippen molar-refractivity contribution in [2.75, 3.05) is 18.2 Å². The lowest BCUT2D eigenvalue weighted by atomic mass is 10.2. The van der Waals surface area contributed by atoms with E-state index in [-0.39, 0.29) is 5.91 Å². The van der Waals surface area contributed by atoms with Crippen molar-refractivity contribution in [2.24, 2.45) is 0 Å². The number of anilines is 2. The Morgan fingerprint density at radius 3 is 2.62 bits per heavy atom. The first-order chi connectivity index (χ1) is 10.2. The molecule has 0 radical (unpaired) electrons. The minimum absolute atomic E-state index is 0.224. The summed E-state index contributed by atoms with van der Waals surface area (Å²) < 4.78 is 6.23. The lowest BCUT2D eigenvalue weighted by Gasteiger charge is -2.09. The molecule has 2 aromatic carbocycles. The third-order valence-electron chi connectivity index (χ3n) is 3.20. The Hall–Kier alpha value is -2.53. The number of hydrogen-bond acceptors (Lipinski definition) is 4. The second-order valence-corrected chi connectivity index (χ2v) is 5.55. The zero-order valence-corrected chi connectivity index (χ0v) is 12.2. The van der Waals surface area contributed by atoms with Gasteiger partial charge in [0.1, 0.15) is 10.6 Å². The molecular weight excluding hydrogens is 284 g/mol. The number of nitrogens with two attached hydrogens (primary N) is 1. The van der Waals surface area contributed by atoms with Crippen LogP contribution in [0, 0.1) is 0 Å². The van der Waals surface area contributed by atoms with E-state index in [1.54, 1.807) is 19.2 Å². The highest BCUT2D eigenvalue weighted by Crippen LogP contribution is 2.34. The fourth-order valence-corrected chi connectivity index (χ4v) is 3.18. The van der Waals surface area contributed by atoms with Crippen LogP contribution in [-0.4, -0.2) is 13.0 Å². The zero-order chi connectivity index (χ0) is 14.8. The molecule has 0 spiro atoms. The standard InChI is InChI=1S/C16H14N2O2S/c1-20-12-8-4-3-7-11(12)18-16(19)15-14(17)10-6-2-5-9-13(10)21-15/h2-9H,17H2,1H3,(H,18,19). The van der Waals surface area contributed by atoms with E-state index < -0.39 is 0 Å². The molecule has 0 bridgehead atoms. The molecule has 0 atom stereocenters. The van der Waals surface area contributed by atoms with Gasteiger partial charge in [-0.05, 0) is 18.2 Å². The number of carbonyl (C=O) groups excluding carboxylic acids is 1. The minimum atomic E-state index is -0.224. The number of fused-ring (bicyclic) bond motifs is 1. The summed E-state index contributed by atoms with van der Waals surface area (Å²) in [5.41, 5.74) is 7.23. The number of methoxy groups -OCH3 is 1. The van der Waals surface area contributed by atoms with E-state index in [0.717, 1.165) is 10.1 Å². The number of benzene rings is 2. The predicted molar refractivity (Wildman–Crippen MR) is 87.2 cm³/mol. The SMILES string of the molecule is COc1ccccc1NC(=O)c1sc2ccccc2c1N. The zero-order valence-electron chi connectivity index (χ0n) is 11.4. The van der Waals surface area contributed by atoms with E-state index in [2.05, 4.69) is 5.32 Å². The van der Waals surface area contributed by atoms with Crippen molar-refractivity contribution < 1.29 is 9.53 Å². The molecule has 5 heteroatoms. The molecule has 0 aliphatic heterocycles. The fraction of sp³-hybridized carbons (Fsp3) is 0.0625. The lowest BCUT2D eigenvalue weighted by Crippen LogP contribution is -2.12. The first-order valence-electron chi connectivity index (χ1n) is 6.42. The van der Waals surface area contributed by atoms with Gasteiger partial charge in [-0.1, -0.05) is 30.3 Å². The number of amides is 1. The molecule has 4 nitrogen and oxygen atoms in total. The molecule has 0 unspecified atom stereocenters. The van der Waals surface area contributed by atoms with Gasteiger partial charge in [0.2, 0.25) is 0 Å². The lowest BCUT2D eigenvalue weighted by molar-refractivity contribution is 0.103. The number of ether oxygens (including phenoxy) is 1. The quantitative estimate of drug-likeness (QED) is 0.774. The van der Waals surface area contributed by atoms with Crippen molar-refractivity contribution in [2.45, 2.75) is 0 Å². The van der Waals surface area contributed by atoms with E-state index in [4.69, 9.17) is 10.5 Å². The molecule has 21 heavy (non-hydrogen) atoms. The molecule has 3 N–H and O–H groups in total. The molecule has 0 saturated carbocycles. The maximum absolute atomic E-state index is 12.4. The van der Waals surface area contributed by atoms with E-state index in [9.17, 15) is 4.79 Å². The van der Waals surface area contributed by atoms with E-state index >= 15 is 0 Å². The van der Waals surface area contributed by atoms with Crippen LogP contribution >= 0.6 is 11.3 Å². The predicted octanol–water partition coefficient (Wildman–Crippen LogP) is 3.74. The van der Waals surface area contributed by atoms with Crippen LogP contribution in [0.4, 0.5) is 11.4 Å². The van der Waals surface area contributed by atoms with Gasteiger partial charge in [-0.3, -0.25) is 4.79 Å². The van der Waals surface area contributed by atoms with E-state index in [1.807, 2.05) is 36.4 Å². The third kappa shape index (κ3) is 2.43. The van der Waals surface area contributed by atoms with Gasteiger partial charge >= 0.3 is 0 Å². The Balaban J connectivity index is 1.96. The van der Waals surface area contributed by atoms with Gasteiger partial charge in [-0.15, -0.1) is 11.3 Å². The fourth-order valence-electron chi connectivity index (χ4n) is 2.16. The van der Waals surface area contributed by atoms with Crippen molar-refractivity contribution >= 4 is 38.7 Å². The van der Waals surface area contributed by atoms with Crippen LogP contribution in [0.2, 0.25) is 0 Å². The molecule has 0 aliphatic carbocycles. The van der Waals surface area contributed by atoms with Crippen LogP contribution in [0.25, 0.3) is 10.1 Å². The monoisotopic (exact) mass is 298 g/mol. The van der Waals surface area contributed by atoms with Gasteiger partial charge in [0, 0.05) is 10.1 Å². The largest absolute Gasteiger partial charge is 0.495 e. The van der Waals surface area contributed by atoms with Crippen LogP contribution in [-0.2, 0) is 0 Å². The molecule has 0 aliphatic rings. The van der Waals surface area contributed by atoms with Gasteiger partial charge in [-0.2, -0.15) is 0 Å². The first kappa shape index (κ1) is 13.5. The van der Waals surface area contributed by atoms with Crippen LogP contribution in [0.1, 0.15) is 9.67 Å². The highest BCUT2D eigenvalue weighted by atomic mass is 32.1. The number of carbonyl (C=O) groups is 1. The van der Waals surface area contributed by atoms with Gasteiger partial charge in [0.15, 0.2) is 0 Å². The van der Waals surface area contributed by atoms with Gasteiger partial charge in [-0.25, -0.2) is 0 Å². The van der Waals surface area contributed by atoms with Crippen molar-refractivity contribution in [3.8, 4) is 5.75 Å². The normalized spacial score (nSPS) is 10.5. The summed E-state index contributed by atoms with van der Waals surface area (Å²) in [5, 5.41) is 3.76. The van der Waals surface area contributed by atoms with Crippen LogP contribution in [0.15, 0.2) is 48.5 Å². The topological polar surface area (TPSA) is 64.3 Å². The average Bonchev–Trinajstić information content (AvgIpc) is 2.85. The summed E-state index contributed by atoms with van der Waals surface area (Å²) >= 11 is 1.39. The number of hydrogen-bond donors (Lipinski definition) is 2. The second-order valence-electron chi connectivity index (χ2n) is 4.50. The number of para-hydroxylation sites is 2. The molecule has 0 saturated heterocycles. The van der Waals surface area contributed by atoms with Crippen molar-refractivity contribution in [3.05, 3.63) is 53.4 Å². The summed E-state index contributed by atoms with van der Waals surface area (Å²) in [6, 6.07) is 15.0. The maximum atomic E-state index is 12.4. The van der Waals surface area contributed by atoms with Crippen molar-refractivity contribution in [1.82, 2.24) is 0 Å². The molecular formula is C16H14N2O2S. The number of nitrogens with one attached hydrogen (secondary N) is 1.